The van der Waals surface area contributed by atoms with Crippen molar-refractivity contribution in [3.63, 3.8) is 0 Å². The van der Waals surface area contributed by atoms with Crippen LogP contribution in [0.2, 0.25) is 0 Å². The van der Waals surface area contributed by atoms with Gasteiger partial charge in [-0.05, 0) is 32.3 Å². The van der Waals surface area contributed by atoms with E-state index >= 15 is 0 Å². The van der Waals surface area contributed by atoms with Crippen LogP contribution in [-0.2, 0) is 16.1 Å². The van der Waals surface area contributed by atoms with Crippen molar-refractivity contribution in [1.82, 2.24) is 10.3 Å². The third kappa shape index (κ3) is 7.09. The standard InChI is InChI=1S/C16H26N2O3/c1-11(2)10-20-13(5)16(19)18-9-14-6-7-15(17-8-14)21-12(3)4/h6-8,11-13H,9-10H2,1-5H3,(H,18,19)/t13-/m1/s1. The van der Waals surface area contributed by atoms with Crippen molar-refractivity contribution in [2.45, 2.75) is 53.4 Å². The van der Waals surface area contributed by atoms with Gasteiger partial charge in [0.25, 0.3) is 0 Å². The lowest BCUT2D eigenvalue weighted by atomic mass is 10.2. The van der Waals surface area contributed by atoms with Crippen LogP contribution in [0, 0.1) is 5.92 Å². The summed E-state index contributed by atoms with van der Waals surface area (Å²) in [6.07, 6.45) is 1.36. The predicted molar refractivity (Wildman–Crippen MR) is 82.1 cm³/mol. The number of aromatic nitrogens is 1. The highest BCUT2D eigenvalue weighted by Gasteiger charge is 2.13. The summed E-state index contributed by atoms with van der Waals surface area (Å²) >= 11 is 0. The molecule has 1 rings (SSSR count). The molecular formula is C16H26N2O3. The van der Waals surface area contributed by atoms with E-state index in [4.69, 9.17) is 9.47 Å². The Bertz CT molecular complexity index is 430. The van der Waals surface area contributed by atoms with Crippen molar-refractivity contribution in [3.05, 3.63) is 23.9 Å². The average molecular weight is 294 g/mol. The maximum absolute atomic E-state index is 11.9. The Morgan fingerprint density at radius 3 is 2.48 bits per heavy atom. The van der Waals surface area contributed by atoms with Crippen LogP contribution in [0.5, 0.6) is 5.88 Å². The van der Waals surface area contributed by atoms with E-state index in [0.717, 1.165) is 5.56 Å². The first-order valence-corrected chi connectivity index (χ1v) is 7.39. The monoisotopic (exact) mass is 294 g/mol. The SMILES string of the molecule is CC(C)CO[C@H](C)C(=O)NCc1ccc(OC(C)C)nc1. The maximum Gasteiger partial charge on any atom is 0.249 e. The molecule has 0 saturated heterocycles. The number of ether oxygens (including phenoxy) is 2. The van der Waals surface area contributed by atoms with E-state index in [9.17, 15) is 4.79 Å². The molecule has 0 fully saturated rings. The van der Waals surface area contributed by atoms with Gasteiger partial charge >= 0.3 is 0 Å². The topological polar surface area (TPSA) is 60.5 Å². The predicted octanol–water partition coefficient (Wildman–Crippen LogP) is 2.55. The van der Waals surface area contributed by atoms with Gasteiger partial charge in [-0.15, -0.1) is 0 Å². The molecule has 0 saturated carbocycles. The molecule has 5 heteroatoms. The molecule has 21 heavy (non-hydrogen) atoms. The van der Waals surface area contributed by atoms with Crippen molar-refractivity contribution in [3.8, 4) is 5.88 Å². The van der Waals surface area contributed by atoms with E-state index in [2.05, 4.69) is 24.1 Å². The van der Waals surface area contributed by atoms with E-state index in [1.165, 1.54) is 0 Å². The second-order valence-corrected chi connectivity index (χ2v) is 5.76. The zero-order chi connectivity index (χ0) is 15.8. The van der Waals surface area contributed by atoms with E-state index in [1.54, 1.807) is 19.2 Å². The fraction of sp³-hybridized carbons (Fsp3) is 0.625. The largest absolute Gasteiger partial charge is 0.475 e. The lowest BCUT2D eigenvalue weighted by molar-refractivity contribution is -0.132. The molecule has 0 spiro atoms. The minimum atomic E-state index is -0.441. The van der Waals surface area contributed by atoms with Crippen molar-refractivity contribution in [2.75, 3.05) is 6.61 Å². The van der Waals surface area contributed by atoms with Crippen LogP contribution in [-0.4, -0.2) is 29.7 Å². The summed E-state index contributed by atoms with van der Waals surface area (Å²) in [5, 5.41) is 2.84. The molecule has 0 radical (unpaired) electrons. The summed E-state index contributed by atoms with van der Waals surface area (Å²) in [5.74, 6) is 0.893. The molecule has 1 aromatic heterocycles. The zero-order valence-electron chi connectivity index (χ0n) is 13.6. The van der Waals surface area contributed by atoms with Crippen molar-refractivity contribution < 1.29 is 14.3 Å². The molecule has 1 amide bonds. The van der Waals surface area contributed by atoms with Crippen LogP contribution < -0.4 is 10.1 Å². The van der Waals surface area contributed by atoms with Gasteiger partial charge in [0.05, 0.1) is 6.10 Å². The lowest BCUT2D eigenvalue weighted by Gasteiger charge is -2.15. The molecular weight excluding hydrogens is 268 g/mol. The fourth-order valence-electron chi connectivity index (χ4n) is 1.57. The normalized spacial score (nSPS) is 12.5. The van der Waals surface area contributed by atoms with E-state index in [1.807, 2.05) is 19.9 Å². The number of carbonyl (C=O) groups is 1. The Hall–Kier alpha value is -1.62. The minimum absolute atomic E-state index is 0.0991. The van der Waals surface area contributed by atoms with Gasteiger partial charge in [-0.2, -0.15) is 0 Å². The van der Waals surface area contributed by atoms with Crippen molar-refractivity contribution >= 4 is 5.91 Å². The lowest BCUT2D eigenvalue weighted by Crippen LogP contribution is -2.34. The Kier molecular flexibility index (Phi) is 7.15. The summed E-state index contributed by atoms with van der Waals surface area (Å²) < 4.78 is 10.9. The molecule has 0 aromatic carbocycles. The molecule has 1 atom stereocenters. The highest BCUT2D eigenvalue weighted by atomic mass is 16.5. The quantitative estimate of drug-likeness (QED) is 0.800. The Morgan fingerprint density at radius 2 is 1.95 bits per heavy atom. The molecule has 0 aliphatic heterocycles. The number of carbonyl (C=O) groups excluding carboxylic acids is 1. The van der Waals surface area contributed by atoms with Gasteiger partial charge in [0.1, 0.15) is 6.10 Å². The zero-order valence-corrected chi connectivity index (χ0v) is 13.6. The van der Waals surface area contributed by atoms with Gasteiger partial charge in [0, 0.05) is 25.4 Å². The van der Waals surface area contributed by atoms with E-state index in [-0.39, 0.29) is 12.0 Å². The molecule has 0 bridgehead atoms. The average Bonchev–Trinajstić information content (AvgIpc) is 2.43. The highest BCUT2D eigenvalue weighted by Crippen LogP contribution is 2.09. The summed E-state index contributed by atoms with van der Waals surface area (Å²) in [5.41, 5.74) is 0.926. The van der Waals surface area contributed by atoms with Crippen LogP contribution in [0.15, 0.2) is 18.3 Å². The smallest absolute Gasteiger partial charge is 0.249 e. The second kappa shape index (κ2) is 8.62. The van der Waals surface area contributed by atoms with Gasteiger partial charge in [-0.1, -0.05) is 19.9 Å². The number of hydrogen-bond donors (Lipinski definition) is 1. The third-order valence-electron chi connectivity index (χ3n) is 2.67. The molecule has 0 unspecified atom stereocenters. The Labute approximate surface area is 127 Å². The van der Waals surface area contributed by atoms with Gasteiger partial charge in [-0.3, -0.25) is 4.79 Å². The van der Waals surface area contributed by atoms with Gasteiger partial charge in [-0.25, -0.2) is 4.98 Å². The van der Waals surface area contributed by atoms with Crippen LogP contribution in [0.1, 0.15) is 40.2 Å². The van der Waals surface area contributed by atoms with Crippen LogP contribution in [0.4, 0.5) is 0 Å². The maximum atomic E-state index is 11.9. The van der Waals surface area contributed by atoms with Crippen LogP contribution in [0.3, 0.4) is 0 Å². The number of pyridine rings is 1. The van der Waals surface area contributed by atoms with E-state index in [0.29, 0.717) is 24.9 Å². The fourth-order valence-corrected chi connectivity index (χ4v) is 1.57. The number of rotatable bonds is 8. The number of amides is 1. The van der Waals surface area contributed by atoms with Crippen LogP contribution in [0.25, 0.3) is 0 Å². The highest BCUT2D eigenvalue weighted by molar-refractivity contribution is 5.80. The minimum Gasteiger partial charge on any atom is -0.475 e. The summed E-state index contributed by atoms with van der Waals surface area (Å²) in [6, 6.07) is 3.70. The summed E-state index contributed by atoms with van der Waals surface area (Å²) in [6.45, 7) is 10.8. The Balaban J connectivity index is 2.38. The van der Waals surface area contributed by atoms with Crippen LogP contribution >= 0.6 is 0 Å². The molecule has 1 heterocycles. The molecule has 118 valence electrons. The van der Waals surface area contributed by atoms with Gasteiger partial charge < -0.3 is 14.8 Å². The number of nitrogens with zero attached hydrogens (tertiary/aromatic N) is 1. The molecule has 0 aliphatic carbocycles. The van der Waals surface area contributed by atoms with Crippen molar-refractivity contribution in [1.29, 1.82) is 0 Å². The first-order valence-electron chi connectivity index (χ1n) is 7.39. The molecule has 1 N–H and O–H groups in total. The molecule has 0 aliphatic rings. The number of hydrogen-bond acceptors (Lipinski definition) is 4. The van der Waals surface area contributed by atoms with Crippen molar-refractivity contribution in [2.24, 2.45) is 5.92 Å². The van der Waals surface area contributed by atoms with Gasteiger partial charge in [0.2, 0.25) is 11.8 Å². The molecule has 1 aromatic rings. The van der Waals surface area contributed by atoms with E-state index < -0.39 is 6.10 Å². The third-order valence-corrected chi connectivity index (χ3v) is 2.67. The second-order valence-electron chi connectivity index (χ2n) is 5.76. The van der Waals surface area contributed by atoms with Gasteiger partial charge in [0.15, 0.2) is 0 Å². The number of nitrogens with one attached hydrogen (secondary N) is 1. The first-order chi connectivity index (χ1) is 9.88. The summed E-state index contributed by atoms with van der Waals surface area (Å²) in [7, 11) is 0. The first kappa shape index (κ1) is 17.4. The Morgan fingerprint density at radius 1 is 1.24 bits per heavy atom. The molecule has 5 nitrogen and oxygen atoms in total. The summed E-state index contributed by atoms with van der Waals surface area (Å²) in [4.78, 5) is 16.1.